The number of alkyl halides is 15. The van der Waals surface area contributed by atoms with Crippen LogP contribution in [0.15, 0.2) is 146 Å². The molecule has 4 unspecified atom stereocenters. The highest BCUT2D eigenvalue weighted by molar-refractivity contribution is 5.92. The van der Waals surface area contributed by atoms with Crippen molar-refractivity contribution in [1.82, 2.24) is 0 Å². The van der Waals surface area contributed by atoms with Gasteiger partial charge in [-0.25, -0.2) is 0 Å². The molecule has 4 aliphatic carbocycles. The van der Waals surface area contributed by atoms with Crippen molar-refractivity contribution in [3.8, 4) is 45.0 Å². The second-order valence-electron chi connectivity index (χ2n) is 34.7. The fraction of sp³-hybridized carbons (Fsp3) is 0.381. The van der Waals surface area contributed by atoms with Crippen LogP contribution in [0, 0.1) is 94.4 Å². The van der Waals surface area contributed by atoms with E-state index in [2.05, 4.69) is 164 Å². The number of pyridine rings is 4. The van der Waals surface area contributed by atoms with Crippen LogP contribution in [0.5, 0.6) is 0 Å². The third kappa shape index (κ3) is 14.5. The van der Waals surface area contributed by atoms with E-state index in [4.69, 9.17) is 0 Å². The number of aromatic nitrogens is 4. The van der Waals surface area contributed by atoms with E-state index in [-0.39, 0.29) is 36.4 Å². The first-order chi connectivity index (χ1) is 53.8. The lowest BCUT2D eigenvalue weighted by Crippen LogP contribution is -2.61. The number of hydrogen-bond acceptors (Lipinski definition) is 0. The van der Waals surface area contributed by atoms with Crippen LogP contribution < -0.4 is 18.3 Å². The van der Waals surface area contributed by atoms with Gasteiger partial charge in [-0.1, -0.05) is 116 Å². The number of aryl methyl sites for hydroxylation is 12. The molecule has 608 valence electrons. The van der Waals surface area contributed by atoms with E-state index in [1.807, 2.05) is 57.4 Å². The molecule has 19 heteroatoms. The molecule has 0 radical (unpaired) electrons. The molecule has 0 aliphatic heterocycles. The zero-order valence-electron chi connectivity index (χ0n) is 69.3. The Hall–Kier alpha value is -9.65. The Morgan fingerprint density at radius 2 is 0.707 bits per heavy atom. The second-order valence-corrected chi connectivity index (χ2v) is 34.7. The highest BCUT2D eigenvalue weighted by Gasteiger charge is 2.78. The van der Waals surface area contributed by atoms with Gasteiger partial charge < -0.3 is 0 Å². The molecule has 16 rings (SSSR count). The molecule has 4 aliphatic rings. The van der Waals surface area contributed by atoms with Crippen LogP contribution in [-0.2, 0) is 64.7 Å². The molecular formula is C97H99F15N4+4. The lowest BCUT2D eigenvalue weighted by atomic mass is 9.58. The first-order valence-electron chi connectivity index (χ1n) is 39.3. The quantitative estimate of drug-likeness (QED) is 0.123. The zero-order chi connectivity index (χ0) is 85.0. The molecule has 12 aromatic rings. The summed E-state index contributed by atoms with van der Waals surface area (Å²) >= 11 is 0. The summed E-state index contributed by atoms with van der Waals surface area (Å²) in [5.74, 6) is -2.85. The predicted octanol–water partition coefficient (Wildman–Crippen LogP) is 25.2. The second kappa shape index (κ2) is 29.5. The summed E-state index contributed by atoms with van der Waals surface area (Å²) in [5.41, 5.74) is 20.3. The number of benzene rings is 8. The minimum absolute atomic E-state index is 0.0486. The lowest BCUT2D eigenvalue weighted by Gasteiger charge is -2.48. The Labute approximate surface area is 668 Å². The number of hydrogen-bond donors (Lipinski definition) is 0. The van der Waals surface area contributed by atoms with Crippen molar-refractivity contribution in [3.63, 3.8) is 0 Å². The maximum Gasteiger partial charge on any atom is 0.407 e. The van der Waals surface area contributed by atoms with Crippen LogP contribution in [-0.4, -0.2) is 30.9 Å². The molecule has 0 saturated heterocycles. The number of nitrogens with zero attached hydrogens (tertiary/aromatic N) is 4. The van der Waals surface area contributed by atoms with Gasteiger partial charge in [0, 0.05) is 70.8 Å². The molecular weight excluding hydrogens is 1510 g/mol. The van der Waals surface area contributed by atoms with Crippen molar-refractivity contribution >= 4 is 43.6 Å². The van der Waals surface area contributed by atoms with E-state index in [0.29, 0.717) is 29.0 Å². The number of halogens is 15. The maximum atomic E-state index is 14.6. The van der Waals surface area contributed by atoms with Gasteiger partial charge in [0.05, 0.1) is 38.8 Å². The number of rotatable bonds is 4. The van der Waals surface area contributed by atoms with E-state index in [0.717, 1.165) is 96.3 Å². The van der Waals surface area contributed by atoms with Crippen molar-refractivity contribution in [3.05, 3.63) is 257 Å². The van der Waals surface area contributed by atoms with Crippen LogP contribution in [0.4, 0.5) is 65.9 Å². The Kier molecular flexibility index (Phi) is 21.4. The minimum atomic E-state index is -6.05. The van der Waals surface area contributed by atoms with Crippen molar-refractivity contribution in [1.29, 1.82) is 0 Å². The Bertz CT molecular complexity index is 5990. The molecule has 8 aromatic carbocycles. The van der Waals surface area contributed by atoms with Gasteiger partial charge in [-0.3, -0.25) is 0 Å². The van der Waals surface area contributed by atoms with Gasteiger partial charge in [-0.15, -0.1) is 0 Å². The van der Waals surface area contributed by atoms with Crippen molar-refractivity contribution in [2.45, 2.75) is 203 Å². The molecule has 4 nitrogen and oxygen atoms in total. The SMILES string of the molecule is Cc1cc(C)c(C)c(-c2cc3c4c(cccc4[n+]2C)C(C(F)(F)F)CC3C)c1.Cc1cc(C)c(C)c(-c2cc3c4c(cccc4[n+]2C)C(C)(C(F)(F)F)CC3(C(F)(F)F)C(F)(F)F)c1.Cc1cc(C)c(C)c(-c2cc3c4c(cccc4[n+]2C)CC(C(F)(F)F)C3)c1.Cc1cc(C)c(C)c(-c2cc3c4c(cccc4[n+]2C)CC(C)(C)C3)c1. The first-order valence-corrected chi connectivity index (χ1v) is 39.3. The molecule has 4 aromatic heterocycles. The predicted molar refractivity (Wildman–Crippen MR) is 431 cm³/mol. The van der Waals surface area contributed by atoms with Crippen LogP contribution in [0.1, 0.15) is 164 Å². The van der Waals surface area contributed by atoms with E-state index in [1.54, 1.807) is 39.0 Å². The minimum Gasteiger partial charge on any atom is -0.194 e. The topological polar surface area (TPSA) is 15.5 Å². The van der Waals surface area contributed by atoms with E-state index in [1.165, 1.54) is 108 Å². The molecule has 0 spiro atoms. The van der Waals surface area contributed by atoms with Crippen LogP contribution >= 0.6 is 0 Å². The van der Waals surface area contributed by atoms with Crippen LogP contribution in [0.2, 0.25) is 0 Å². The normalized spacial score (nSPS) is 18.2. The molecule has 0 fully saturated rings. The van der Waals surface area contributed by atoms with E-state index < -0.39 is 76.5 Å². The van der Waals surface area contributed by atoms with Crippen molar-refractivity contribution < 1.29 is 84.1 Å². The third-order valence-electron chi connectivity index (χ3n) is 25.9. The van der Waals surface area contributed by atoms with Gasteiger partial charge in [-0.05, 0) is 253 Å². The average Bonchev–Trinajstić information content (AvgIpc) is 0.673. The summed E-state index contributed by atoms with van der Waals surface area (Å²) in [5, 5.41) is 2.57. The third-order valence-corrected chi connectivity index (χ3v) is 25.9. The van der Waals surface area contributed by atoms with Gasteiger partial charge in [0.1, 0.15) is 28.2 Å². The average molecular weight is 1610 g/mol. The summed E-state index contributed by atoms with van der Waals surface area (Å²) in [6, 6.07) is 45.4. The Morgan fingerprint density at radius 1 is 0.345 bits per heavy atom. The summed E-state index contributed by atoms with van der Waals surface area (Å²) in [6.45, 7) is 31.5. The first kappa shape index (κ1) is 84.3. The van der Waals surface area contributed by atoms with Gasteiger partial charge in [-0.2, -0.15) is 84.1 Å². The molecule has 116 heavy (non-hydrogen) atoms. The van der Waals surface area contributed by atoms with E-state index in [9.17, 15) is 65.9 Å². The largest absolute Gasteiger partial charge is 0.407 e. The summed E-state index contributed by atoms with van der Waals surface area (Å²) in [7, 11) is 7.61. The van der Waals surface area contributed by atoms with Gasteiger partial charge >= 0.3 is 30.9 Å². The Balaban J connectivity index is 0.000000136. The molecule has 0 N–H and O–H groups in total. The van der Waals surface area contributed by atoms with Gasteiger partial charge in [0.25, 0.3) is 0 Å². The smallest absolute Gasteiger partial charge is 0.194 e. The highest BCUT2D eigenvalue weighted by atomic mass is 19.4. The van der Waals surface area contributed by atoms with Crippen molar-refractivity contribution in [2.24, 2.45) is 39.5 Å². The maximum absolute atomic E-state index is 14.6. The monoisotopic (exact) mass is 1600 g/mol. The van der Waals surface area contributed by atoms with Crippen LogP contribution in [0.25, 0.3) is 88.6 Å². The fourth-order valence-corrected chi connectivity index (χ4v) is 19.4. The van der Waals surface area contributed by atoms with Crippen molar-refractivity contribution in [2.75, 3.05) is 0 Å². The van der Waals surface area contributed by atoms with E-state index >= 15 is 0 Å². The highest BCUT2D eigenvalue weighted by Crippen LogP contribution is 2.65. The molecule has 0 amide bonds. The summed E-state index contributed by atoms with van der Waals surface area (Å²) < 4.78 is 220. The molecule has 4 atom stereocenters. The lowest BCUT2D eigenvalue weighted by molar-refractivity contribution is -0.633. The Morgan fingerprint density at radius 3 is 1.13 bits per heavy atom. The summed E-state index contributed by atoms with van der Waals surface area (Å²) in [4.78, 5) is 0. The van der Waals surface area contributed by atoms with Crippen LogP contribution in [0.3, 0.4) is 0 Å². The van der Waals surface area contributed by atoms with Gasteiger partial charge in [0.15, 0.2) is 5.41 Å². The summed E-state index contributed by atoms with van der Waals surface area (Å²) in [6.07, 6.45) is -25.6. The molecule has 0 bridgehead atoms. The molecule has 0 saturated carbocycles. The fourth-order valence-electron chi connectivity index (χ4n) is 19.4. The zero-order valence-corrected chi connectivity index (χ0v) is 69.3. The van der Waals surface area contributed by atoms with Gasteiger partial charge in [0.2, 0.25) is 44.8 Å². The molecule has 4 heterocycles. The standard InChI is InChI=1S/C26H23F9N.C24H25F3N.C24H28N.C23H23F3N/c1-13-9-14(2)15(3)16(10-13)20-11-18-21-17(7-6-8-19(21)36(20)5)22(4,24(27,28)29)12-23(18,25(30,31)32)26(33,34)35;1-13-9-14(2)16(4)19(10-13)22-12-18-15(3)11-20(24(25,26)27)17-7-6-8-21(23(17)18)28(22)5;1-15-10-16(2)17(3)20(11-15)22-12-19-14-24(4,5)13-18-8-7-9-21(23(18)19)25(22)6;1-13-8-14(2)15(3)19(9-13)21-12-17-11-18(23(24,25)26)10-16-6-5-7-20(22(16)17)27(21)4/h6-11H,12H2,1-5H3;6-10,12,15,20H,11H2,1-5H3;7-12H,13-14H2,1-6H3;5-9,12,18H,10-11H2,1-4H3/q4*+1.